The second kappa shape index (κ2) is 4.01. The summed E-state index contributed by atoms with van der Waals surface area (Å²) in [6.45, 7) is 7.68. The standard InChI is InChI=1S/C10H20N3/c1-5-6-9(2)8-13(4)10(3)7-11-12-13/h7,9H,5-6,8H2,1-4H3/q+1. The molecule has 1 rings (SSSR count). The van der Waals surface area contributed by atoms with Crippen molar-refractivity contribution in [1.82, 2.24) is 0 Å². The molecule has 0 amide bonds. The van der Waals surface area contributed by atoms with Crippen molar-refractivity contribution in [2.24, 2.45) is 16.3 Å². The van der Waals surface area contributed by atoms with Gasteiger partial charge in [-0.15, -0.1) is 5.11 Å². The summed E-state index contributed by atoms with van der Waals surface area (Å²) in [5, 5.41) is 8.21. The zero-order chi connectivity index (χ0) is 9.90. The van der Waals surface area contributed by atoms with Crippen LogP contribution in [0, 0.1) is 5.92 Å². The number of hydrogen-bond acceptors (Lipinski definition) is 2. The average molecular weight is 182 g/mol. The number of nitrogens with zero attached hydrogens (tertiary/aromatic N) is 3. The lowest BCUT2D eigenvalue weighted by atomic mass is 10.1. The van der Waals surface area contributed by atoms with Gasteiger partial charge in [0.2, 0.25) is 0 Å². The third-order valence-corrected chi connectivity index (χ3v) is 2.70. The topological polar surface area (TPSA) is 24.7 Å². The minimum atomic E-state index is 0.654. The van der Waals surface area contributed by atoms with Crippen LogP contribution in [0.1, 0.15) is 33.6 Å². The highest BCUT2D eigenvalue weighted by molar-refractivity contribution is 4.88. The van der Waals surface area contributed by atoms with E-state index in [0.717, 1.165) is 12.5 Å². The van der Waals surface area contributed by atoms with Crippen LogP contribution in [0.3, 0.4) is 0 Å². The Morgan fingerprint density at radius 1 is 1.54 bits per heavy atom. The number of quaternary nitrogens is 1. The minimum Gasteiger partial charge on any atom is -0.151 e. The average Bonchev–Trinajstić information content (AvgIpc) is 2.32. The second-order valence-corrected chi connectivity index (χ2v) is 4.19. The van der Waals surface area contributed by atoms with Gasteiger partial charge in [-0.1, -0.05) is 20.3 Å². The molecule has 0 N–H and O–H groups in total. The van der Waals surface area contributed by atoms with Crippen LogP contribution < -0.4 is 0 Å². The Morgan fingerprint density at radius 2 is 2.23 bits per heavy atom. The van der Waals surface area contributed by atoms with Gasteiger partial charge in [0, 0.05) is 18.1 Å². The maximum atomic E-state index is 4.24. The Balaban J connectivity index is 2.53. The van der Waals surface area contributed by atoms with Crippen LogP contribution in [-0.4, -0.2) is 18.2 Å². The summed E-state index contributed by atoms with van der Waals surface area (Å²) < 4.78 is 0.654. The van der Waals surface area contributed by atoms with E-state index in [4.69, 9.17) is 0 Å². The van der Waals surface area contributed by atoms with Crippen LogP contribution in [-0.2, 0) is 0 Å². The largest absolute Gasteiger partial charge is 0.154 e. The summed E-state index contributed by atoms with van der Waals surface area (Å²) in [4.78, 5) is 0. The molecule has 2 unspecified atom stereocenters. The molecule has 0 aliphatic carbocycles. The van der Waals surface area contributed by atoms with Gasteiger partial charge < -0.3 is 0 Å². The predicted molar refractivity (Wildman–Crippen MR) is 53.7 cm³/mol. The highest BCUT2D eigenvalue weighted by atomic mass is 15.7. The molecule has 13 heavy (non-hydrogen) atoms. The molecule has 0 aromatic heterocycles. The maximum absolute atomic E-state index is 4.24. The summed E-state index contributed by atoms with van der Waals surface area (Å²) >= 11 is 0. The first kappa shape index (κ1) is 10.4. The van der Waals surface area contributed by atoms with Gasteiger partial charge in [-0.25, -0.2) is 0 Å². The number of allylic oxidation sites excluding steroid dienone is 1. The molecule has 2 atom stereocenters. The van der Waals surface area contributed by atoms with Gasteiger partial charge in [0.25, 0.3) is 0 Å². The fourth-order valence-corrected chi connectivity index (χ4v) is 1.79. The molecule has 3 heteroatoms. The lowest BCUT2D eigenvalue weighted by Gasteiger charge is -2.25. The van der Waals surface area contributed by atoms with Crippen molar-refractivity contribution < 1.29 is 4.59 Å². The molecule has 1 heterocycles. The molecule has 0 aromatic carbocycles. The summed E-state index contributed by atoms with van der Waals surface area (Å²) in [6, 6.07) is 0. The SMILES string of the molecule is CCCC(C)C[N+]1(C)N=NC=C1C. The van der Waals surface area contributed by atoms with Gasteiger partial charge in [0.05, 0.1) is 7.05 Å². The lowest BCUT2D eigenvalue weighted by molar-refractivity contribution is -0.883. The molecule has 1 aliphatic heterocycles. The Kier molecular flexibility index (Phi) is 3.20. The van der Waals surface area contributed by atoms with Gasteiger partial charge in [-0.05, 0) is 6.42 Å². The Hall–Kier alpha value is -0.700. The van der Waals surface area contributed by atoms with Crippen LogP contribution >= 0.6 is 0 Å². The molecular formula is C10H20N3+. The van der Waals surface area contributed by atoms with E-state index in [9.17, 15) is 0 Å². The first-order valence-electron chi connectivity index (χ1n) is 5.03. The molecule has 3 nitrogen and oxygen atoms in total. The van der Waals surface area contributed by atoms with E-state index in [1.807, 2.05) is 6.20 Å². The van der Waals surface area contributed by atoms with Crippen LogP contribution in [0.4, 0.5) is 0 Å². The molecule has 0 bridgehead atoms. The summed E-state index contributed by atoms with van der Waals surface area (Å²) in [5.74, 6) is 0.718. The van der Waals surface area contributed by atoms with E-state index in [0.29, 0.717) is 4.59 Å². The zero-order valence-corrected chi connectivity index (χ0v) is 9.12. The van der Waals surface area contributed by atoms with Crippen molar-refractivity contribution in [2.75, 3.05) is 13.6 Å². The highest BCUT2D eigenvalue weighted by Crippen LogP contribution is 2.24. The molecule has 74 valence electrons. The summed E-state index contributed by atoms with van der Waals surface area (Å²) in [7, 11) is 2.12. The van der Waals surface area contributed by atoms with Crippen molar-refractivity contribution in [3.63, 3.8) is 0 Å². The molecule has 0 fully saturated rings. The molecule has 0 spiro atoms. The van der Waals surface area contributed by atoms with E-state index in [-0.39, 0.29) is 0 Å². The third kappa shape index (κ3) is 2.37. The van der Waals surface area contributed by atoms with Gasteiger partial charge in [-0.3, -0.25) is 0 Å². The van der Waals surface area contributed by atoms with Gasteiger partial charge in [0.15, 0.2) is 5.70 Å². The summed E-state index contributed by atoms with van der Waals surface area (Å²) in [6.07, 6.45) is 4.39. The molecule has 0 saturated heterocycles. The fraction of sp³-hybridized carbons (Fsp3) is 0.800. The van der Waals surface area contributed by atoms with Crippen molar-refractivity contribution >= 4 is 0 Å². The molecule has 0 saturated carbocycles. The second-order valence-electron chi connectivity index (χ2n) is 4.19. The first-order chi connectivity index (χ1) is 6.08. The van der Waals surface area contributed by atoms with Gasteiger partial charge >= 0.3 is 0 Å². The van der Waals surface area contributed by atoms with Gasteiger partial charge in [0.1, 0.15) is 12.7 Å². The van der Waals surface area contributed by atoms with Crippen molar-refractivity contribution in [3.05, 3.63) is 11.9 Å². The van der Waals surface area contributed by atoms with E-state index in [2.05, 4.69) is 38.2 Å². The van der Waals surface area contributed by atoms with Crippen molar-refractivity contribution in [2.45, 2.75) is 33.6 Å². The predicted octanol–water partition coefficient (Wildman–Crippen LogP) is 3.11. The van der Waals surface area contributed by atoms with Crippen molar-refractivity contribution in [1.29, 1.82) is 0 Å². The third-order valence-electron chi connectivity index (χ3n) is 2.70. The lowest BCUT2D eigenvalue weighted by Crippen LogP contribution is -2.38. The monoisotopic (exact) mass is 182 g/mol. The van der Waals surface area contributed by atoms with Crippen molar-refractivity contribution in [3.8, 4) is 0 Å². The van der Waals surface area contributed by atoms with Gasteiger partial charge in [-0.2, -0.15) is 4.59 Å². The van der Waals surface area contributed by atoms with E-state index >= 15 is 0 Å². The quantitative estimate of drug-likeness (QED) is 0.597. The van der Waals surface area contributed by atoms with Crippen LogP contribution in [0.15, 0.2) is 22.2 Å². The molecular weight excluding hydrogens is 162 g/mol. The fourth-order valence-electron chi connectivity index (χ4n) is 1.79. The zero-order valence-electron chi connectivity index (χ0n) is 9.12. The Morgan fingerprint density at radius 3 is 2.69 bits per heavy atom. The van der Waals surface area contributed by atoms with Crippen LogP contribution in [0.25, 0.3) is 0 Å². The Bertz CT molecular complexity index is 232. The maximum Gasteiger partial charge on any atom is 0.154 e. The Labute approximate surface area is 80.7 Å². The smallest absolute Gasteiger partial charge is 0.151 e. The van der Waals surface area contributed by atoms with E-state index in [1.54, 1.807) is 0 Å². The molecule has 0 aromatic rings. The molecule has 0 radical (unpaired) electrons. The number of rotatable bonds is 4. The van der Waals surface area contributed by atoms with Crippen LogP contribution in [0.2, 0.25) is 0 Å². The highest BCUT2D eigenvalue weighted by Gasteiger charge is 2.30. The van der Waals surface area contributed by atoms with E-state index < -0.39 is 0 Å². The normalized spacial score (nSPS) is 29.1. The summed E-state index contributed by atoms with van der Waals surface area (Å²) in [5.41, 5.74) is 1.24. The first-order valence-corrected chi connectivity index (χ1v) is 5.03. The minimum absolute atomic E-state index is 0.654. The van der Waals surface area contributed by atoms with E-state index in [1.165, 1.54) is 18.5 Å². The van der Waals surface area contributed by atoms with Crippen LogP contribution in [0.5, 0.6) is 0 Å². The molecule has 1 aliphatic rings. The number of hydrogen-bond donors (Lipinski definition) is 0.